The molecule has 0 radical (unpaired) electrons. The smallest absolute Gasteiger partial charge is 0.410 e. The Bertz CT molecular complexity index is 1940. The number of likely N-dealkylation sites (N-methyl/N-ethyl adjacent to an activating group) is 1. The zero-order chi connectivity index (χ0) is 34.5. The summed E-state index contributed by atoms with van der Waals surface area (Å²) in [6.07, 6.45) is 0.987. The number of amides is 3. The van der Waals surface area contributed by atoms with Gasteiger partial charge in [-0.05, 0) is 58.0 Å². The van der Waals surface area contributed by atoms with Crippen LogP contribution in [-0.4, -0.2) is 72.5 Å². The number of aromatic nitrogens is 4. The highest BCUT2D eigenvalue weighted by Crippen LogP contribution is 2.38. The molecule has 0 spiro atoms. The van der Waals surface area contributed by atoms with E-state index in [1.165, 1.54) is 0 Å². The van der Waals surface area contributed by atoms with Crippen LogP contribution in [0.3, 0.4) is 0 Å². The third-order valence-electron chi connectivity index (χ3n) is 8.88. The van der Waals surface area contributed by atoms with Gasteiger partial charge in [-0.15, -0.1) is 0 Å². The first-order chi connectivity index (χ1) is 22.7. The molecule has 2 aliphatic heterocycles. The number of rotatable bonds is 5. The monoisotopic (exact) mass is 672 g/mol. The lowest BCUT2D eigenvalue weighted by molar-refractivity contribution is 0.0220. The largest absolute Gasteiger partial charge is 0.444 e. The van der Waals surface area contributed by atoms with Crippen molar-refractivity contribution in [2.75, 3.05) is 30.8 Å². The predicted octanol–water partition coefficient (Wildman–Crippen LogP) is 5.57. The summed E-state index contributed by atoms with van der Waals surface area (Å²) in [6.45, 7) is 9.77. The number of carbonyl (C=O) groups excluding carboxylic acids is 3. The van der Waals surface area contributed by atoms with Crippen LogP contribution in [0.4, 0.5) is 16.2 Å². The Hall–Kier alpha value is -4.68. The molecule has 252 valence electrons. The third kappa shape index (κ3) is 6.42. The van der Waals surface area contributed by atoms with Gasteiger partial charge in [0.15, 0.2) is 11.6 Å². The first-order valence-electron chi connectivity index (χ1n) is 16.0. The summed E-state index contributed by atoms with van der Waals surface area (Å²) in [5.41, 5.74) is 6.36. The van der Waals surface area contributed by atoms with Crippen molar-refractivity contribution < 1.29 is 19.1 Å². The van der Waals surface area contributed by atoms with Crippen LogP contribution < -0.4 is 10.6 Å². The molecule has 3 amide bonds. The lowest BCUT2D eigenvalue weighted by Gasteiger charge is -2.29. The number of imidazole rings is 2. The van der Waals surface area contributed by atoms with Crippen molar-refractivity contribution in [3.05, 3.63) is 81.4 Å². The number of hydrogen-bond acceptors (Lipinski definition) is 7. The molecular weight excluding hydrogens is 632 g/mol. The molecule has 0 bridgehead atoms. The highest BCUT2D eigenvalue weighted by molar-refractivity contribution is 6.36. The van der Waals surface area contributed by atoms with E-state index >= 15 is 0 Å². The Kier molecular flexibility index (Phi) is 8.82. The molecule has 2 aliphatic rings. The SMILES string of the molecule is Cc1c(NC(=O)c2nc3c(n2C)CCN(C)C3)cccc1-c1cccc(NC(=O)c2nc3c(n2C)CCN(C(=O)OC(C)(C)C)C3)c1Cl. The van der Waals surface area contributed by atoms with Gasteiger partial charge < -0.3 is 34.3 Å². The summed E-state index contributed by atoms with van der Waals surface area (Å²) in [6, 6.07) is 11.1. The van der Waals surface area contributed by atoms with E-state index in [4.69, 9.17) is 16.3 Å². The molecule has 4 aromatic rings. The molecule has 48 heavy (non-hydrogen) atoms. The van der Waals surface area contributed by atoms with Crippen LogP contribution in [0.2, 0.25) is 5.02 Å². The van der Waals surface area contributed by atoms with Crippen molar-refractivity contribution in [1.82, 2.24) is 28.9 Å². The highest BCUT2D eigenvalue weighted by atomic mass is 35.5. The molecule has 12 nitrogen and oxygen atoms in total. The second kappa shape index (κ2) is 12.7. The lowest BCUT2D eigenvalue weighted by Crippen LogP contribution is -2.40. The van der Waals surface area contributed by atoms with E-state index in [9.17, 15) is 14.4 Å². The van der Waals surface area contributed by atoms with Crippen molar-refractivity contribution in [1.29, 1.82) is 0 Å². The molecule has 0 unspecified atom stereocenters. The summed E-state index contributed by atoms with van der Waals surface area (Å²) in [7, 11) is 5.73. The molecule has 0 atom stereocenters. The maximum Gasteiger partial charge on any atom is 0.410 e. The summed E-state index contributed by atoms with van der Waals surface area (Å²) in [4.78, 5) is 52.6. The minimum Gasteiger partial charge on any atom is -0.444 e. The van der Waals surface area contributed by atoms with E-state index in [0.717, 1.165) is 41.2 Å². The average molecular weight is 673 g/mol. The van der Waals surface area contributed by atoms with Crippen molar-refractivity contribution in [3.63, 3.8) is 0 Å². The number of carbonyl (C=O) groups is 3. The molecule has 0 saturated carbocycles. The number of nitrogens with zero attached hydrogens (tertiary/aromatic N) is 6. The lowest BCUT2D eigenvalue weighted by atomic mass is 9.98. The molecule has 13 heteroatoms. The molecule has 2 aromatic carbocycles. The maximum atomic E-state index is 13.5. The molecule has 6 rings (SSSR count). The topological polar surface area (TPSA) is 127 Å². The number of nitrogens with one attached hydrogen (secondary N) is 2. The normalized spacial score (nSPS) is 14.7. The summed E-state index contributed by atoms with van der Waals surface area (Å²) >= 11 is 6.93. The number of halogens is 1. The van der Waals surface area contributed by atoms with Crippen LogP contribution in [0, 0.1) is 6.92 Å². The Labute approximate surface area is 285 Å². The van der Waals surface area contributed by atoms with Crippen molar-refractivity contribution in [2.24, 2.45) is 14.1 Å². The molecular formula is C35H41ClN8O4. The van der Waals surface area contributed by atoms with E-state index in [1.54, 1.807) is 22.6 Å². The van der Waals surface area contributed by atoms with Crippen LogP contribution in [0.25, 0.3) is 11.1 Å². The molecule has 0 fully saturated rings. The minimum atomic E-state index is -0.606. The third-order valence-corrected chi connectivity index (χ3v) is 9.29. The molecule has 4 heterocycles. The fourth-order valence-electron chi connectivity index (χ4n) is 6.33. The van der Waals surface area contributed by atoms with Crippen LogP contribution >= 0.6 is 11.6 Å². The van der Waals surface area contributed by atoms with Crippen LogP contribution in [0.1, 0.15) is 70.3 Å². The predicted molar refractivity (Wildman–Crippen MR) is 184 cm³/mol. The molecule has 2 N–H and O–H groups in total. The number of fused-ring (bicyclic) bond motifs is 2. The first-order valence-corrected chi connectivity index (χ1v) is 16.4. The van der Waals surface area contributed by atoms with Gasteiger partial charge >= 0.3 is 6.09 Å². The van der Waals surface area contributed by atoms with Crippen LogP contribution in [0.5, 0.6) is 0 Å². The summed E-state index contributed by atoms with van der Waals surface area (Å²) in [5.74, 6) is -0.113. The van der Waals surface area contributed by atoms with Crippen LogP contribution in [-0.2, 0) is 44.8 Å². The summed E-state index contributed by atoms with van der Waals surface area (Å²) < 4.78 is 9.18. The van der Waals surface area contributed by atoms with E-state index in [-0.39, 0.29) is 18.3 Å². The van der Waals surface area contributed by atoms with Gasteiger partial charge in [0.05, 0.1) is 28.6 Å². The molecule has 0 aliphatic carbocycles. The fourth-order valence-corrected chi connectivity index (χ4v) is 6.61. The number of benzene rings is 2. The number of hydrogen-bond donors (Lipinski definition) is 2. The zero-order valence-corrected chi connectivity index (χ0v) is 29.2. The zero-order valence-electron chi connectivity index (χ0n) is 28.4. The van der Waals surface area contributed by atoms with E-state index in [1.807, 2.05) is 76.7 Å². The average Bonchev–Trinajstić information content (AvgIpc) is 3.54. The first kappa shape index (κ1) is 33.2. The maximum absolute atomic E-state index is 13.5. The minimum absolute atomic E-state index is 0.219. The Morgan fingerprint density at radius 2 is 1.33 bits per heavy atom. The van der Waals surface area contributed by atoms with Gasteiger partial charge in [-0.2, -0.15) is 0 Å². The van der Waals surface area contributed by atoms with Gasteiger partial charge in [0, 0.05) is 69.2 Å². The second-order valence-electron chi connectivity index (χ2n) is 13.5. The highest BCUT2D eigenvalue weighted by Gasteiger charge is 2.31. The van der Waals surface area contributed by atoms with E-state index < -0.39 is 17.6 Å². The number of anilines is 2. The van der Waals surface area contributed by atoms with Crippen molar-refractivity contribution in [2.45, 2.75) is 59.2 Å². The molecule has 0 saturated heterocycles. The number of ether oxygens (including phenoxy) is 1. The standard InChI is InChI=1S/C35H41ClN8O4/c1-20-21(10-8-12-23(20)39-32(45)30-37-25-18-41(5)16-14-27(25)42(30)6)22-11-9-13-24(29(22)36)40-33(46)31-38-26-19-44(17-15-28(26)43(31)7)34(47)48-35(2,3)4/h8-13H,14-19H2,1-7H3,(H,39,45)(H,40,46). The van der Waals surface area contributed by atoms with Gasteiger partial charge in [-0.3, -0.25) is 9.59 Å². The van der Waals surface area contributed by atoms with Gasteiger partial charge in [0.2, 0.25) is 0 Å². The van der Waals surface area contributed by atoms with E-state index in [2.05, 4.69) is 25.5 Å². The quantitative estimate of drug-likeness (QED) is 0.284. The van der Waals surface area contributed by atoms with Gasteiger partial charge in [0.25, 0.3) is 11.8 Å². The van der Waals surface area contributed by atoms with Crippen molar-refractivity contribution >= 4 is 40.9 Å². The summed E-state index contributed by atoms with van der Waals surface area (Å²) in [5, 5.41) is 6.33. The Morgan fingerprint density at radius 1 is 0.792 bits per heavy atom. The van der Waals surface area contributed by atoms with Gasteiger partial charge in [-0.1, -0.05) is 35.9 Å². The van der Waals surface area contributed by atoms with Crippen LogP contribution in [0.15, 0.2) is 36.4 Å². The molecule has 2 aromatic heterocycles. The van der Waals surface area contributed by atoms with Crippen molar-refractivity contribution in [3.8, 4) is 11.1 Å². The van der Waals surface area contributed by atoms with E-state index in [0.29, 0.717) is 53.0 Å². The van der Waals surface area contributed by atoms with Gasteiger partial charge in [0.1, 0.15) is 5.60 Å². The Balaban J connectivity index is 1.20. The Morgan fingerprint density at radius 3 is 1.96 bits per heavy atom. The fraction of sp³-hybridized carbons (Fsp3) is 0.400. The van der Waals surface area contributed by atoms with Gasteiger partial charge in [-0.25, -0.2) is 14.8 Å². The second-order valence-corrected chi connectivity index (χ2v) is 13.8.